The molecule has 0 saturated carbocycles. The lowest BCUT2D eigenvalue weighted by molar-refractivity contribution is -0.119. The van der Waals surface area contributed by atoms with Crippen LogP contribution in [0.5, 0.6) is 11.5 Å². The Bertz CT molecular complexity index is 1110. The Morgan fingerprint density at radius 1 is 1.00 bits per heavy atom. The number of benzene rings is 2. The lowest BCUT2D eigenvalue weighted by Gasteiger charge is -2.25. The molecule has 0 aliphatic carbocycles. The van der Waals surface area contributed by atoms with Gasteiger partial charge < -0.3 is 14.4 Å². The van der Waals surface area contributed by atoms with Crippen molar-refractivity contribution in [3.05, 3.63) is 78.5 Å². The van der Waals surface area contributed by atoms with Crippen molar-refractivity contribution in [1.29, 1.82) is 0 Å². The molecule has 0 N–H and O–H groups in total. The third-order valence-corrected chi connectivity index (χ3v) is 5.51. The van der Waals surface area contributed by atoms with Gasteiger partial charge in [0.05, 0.1) is 26.5 Å². The van der Waals surface area contributed by atoms with Crippen molar-refractivity contribution in [1.82, 2.24) is 9.88 Å². The predicted octanol–water partition coefficient (Wildman–Crippen LogP) is 3.57. The third-order valence-electron chi connectivity index (χ3n) is 5.51. The molecule has 0 radical (unpaired) electrons. The van der Waals surface area contributed by atoms with Crippen LogP contribution in [0.4, 0.5) is 16.3 Å². The van der Waals surface area contributed by atoms with Crippen molar-refractivity contribution in [3.8, 4) is 11.5 Å². The molecule has 8 nitrogen and oxygen atoms in total. The van der Waals surface area contributed by atoms with Crippen molar-refractivity contribution in [3.63, 3.8) is 0 Å². The zero-order valence-electron chi connectivity index (χ0n) is 18.7. The Hall–Kier alpha value is -4.07. The van der Waals surface area contributed by atoms with Gasteiger partial charge in [-0.3, -0.25) is 14.6 Å². The van der Waals surface area contributed by atoms with Crippen molar-refractivity contribution in [2.75, 3.05) is 43.7 Å². The van der Waals surface area contributed by atoms with Crippen LogP contribution in [0, 0.1) is 0 Å². The summed E-state index contributed by atoms with van der Waals surface area (Å²) in [5, 5.41) is 0. The minimum atomic E-state index is -0.254. The summed E-state index contributed by atoms with van der Waals surface area (Å²) < 4.78 is 10.7. The van der Waals surface area contributed by atoms with Crippen LogP contribution in [0.3, 0.4) is 0 Å². The van der Waals surface area contributed by atoms with Crippen LogP contribution < -0.4 is 19.3 Å². The van der Waals surface area contributed by atoms with E-state index in [0.29, 0.717) is 42.6 Å². The number of amides is 3. The standard InChI is InChI=1S/C25H26N4O4/c1-32-20-11-12-22(33-2)21(16-20)28-15-14-27(25(28)31)18-24(30)29(23-10-6-7-13-26-23)17-19-8-4-3-5-9-19/h3-13,16H,14-15,17-18H2,1-2H3. The van der Waals surface area contributed by atoms with Gasteiger partial charge >= 0.3 is 6.03 Å². The van der Waals surface area contributed by atoms with E-state index in [2.05, 4.69) is 4.98 Å². The molecule has 1 fully saturated rings. The van der Waals surface area contributed by atoms with E-state index in [9.17, 15) is 9.59 Å². The molecule has 0 bridgehead atoms. The van der Waals surface area contributed by atoms with Crippen molar-refractivity contribution < 1.29 is 19.1 Å². The molecular weight excluding hydrogens is 420 g/mol. The van der Waals surface area contributed by atoms with E-state index in [0.717, 1.165) is 5.56 Å². The monoisotopic (exact) mass is 446 g/mol. The maximum atomic E-state index is 13.3. The molecule has 0 spiro atoms. The maximum absolute atomic E-state index is 13.3. The molecule has 0 atom stereocenters. The number of methoxy groups -OCH3 is 2. The van der Waals surface area contributed by atoms with Gasteiger partial charge in [-0.1, -0.05) is 36.4 Å². The molecule has 170 valence electrons. The smallest absolute Gasteiger partial charge is 0.325 e. The fraction of sp³-hybridized carbons (Fsp3) is 0.240. The van der Waals surface area contributed by atoms with E-state index in [-0.39, 0.29) is 18.5 Å². The number of anilines is 2. The molecule has 2 heterocycles. The predicted molar refractivity (Wildman–Crippen MR) is 126 cm³/mol. The molecule has 0 unspecified atom stereocenters. The molecule has 3 aromatic rings. The Kier molecular flexibility index (Phi) is 6.73. The van der Waals surface area contributed by atoms with Crippen LogP contribution >= 0.6 is 0 Å². The zero-order valence-corrected chi connectivity index (χ0v) is 18.7. The first kappa shape index (κ1) is 22.1. The fourth-order valence-corrected chi connectivity index (χ4v) is 3.79. The molecule has 33 heavy (non-hydrogen) atoms. The van der Waals surface area contributed by atoms with Crippen LogP contribution in [0.1, 0.15) is 5.56 Å². The number of pyridine rings is 1. The first-order chi connectivity index (χ1) is 16.1. The maximum Gasteiger partial charge on any atom is 0.325 e. The number of nitrogens with zero attached hydrogens (tertiary/aromatic N) is 4. The summed E-state index contributed by atoms with van der Waals surface area (Å²) in [6.45, 7) is 1.18. The summed E-state index contributed by atoms with van der Waals surface area (Å²) in [4.78, 5) is 35.7. The van der Waals surface area contributed by atoms with Crippen LogP contribution in [-0.2, 0) is 11.3 Å². The highest BCUT2D eigenvalue weighted by Crippen LogP contribution is 2.34. The summed E-state index contributed by atoms with van der Waals surface area (Å²) in [5.74, 6) is 1.53. The Balaban J connectivity index is 1.53. The number of carbonyl (C=O) groups excluding carboxylic acids is 2. The number of carbonyl (C=O) groups is 2. The Morgan fingerprint density at radius 2 is 1.79 bits per heavy atom. The average molecular weight is 447 g/mol. The molecular formula is C25H26N4O4. The molecule has 1 saturated heterocycles. The van der Waals surface area contributed by atoms with Crippen LogP contribution in [0.15, 0.2) is 72.9 Å². The summed E-state index contributed by atoms with van der Waals surface area (Å²) in [7, 11) is 3.13. The van der Waals surface area contributed by atoms with Crippen molar-refractivity contribution in [2.45, 2.75) is 6.54 Å². The normalized spacial score (nSPS) is 13.2. The first-order valence-electron chi connectivity index (χ1n) is 10.6. The molecule has 8 heteroatoms. The van der Waals surface area contributed by atoms with Crippen LogP contribution in [0.25, 0.3) is 0 Å². The van der Waals surface area contributed by atoms with E-state index in [1.807, 2.05) is 36.4 Å². The molecule has 2 aromatic carbocycles. The Morgan fingerprint density at radius 3 is 2.48 bits per heavy atom. The van der Waals surface area contributed by atoms with Gasteiger partial charge in [-0.2, -0.15) is 0 Å². The number of aromatic nitrogens is 1. The van der Waals surface area contributed by atoms with Gasteiger partial charge in [0.1, 0.15) is 23.9 Å². The first-order valence-corrected chi connectivity index (χ1v) is 10.6. The number of hydrogen-bond donors (Lipinski definition) is 0. The fourth-order valence-electron chi connectivity index (χ4n) is 3.79. The lowest BCUT2D eigenvalue weighted by atomic mass is 10.2. The highest BCUT2D eigenvalue weighted by Gasteiger charge is 2.34. The van der Waals surface area contributed by atoms with Crippen LogP contribution in [-0.4, -0.2) is 55.7 Å². The van der Waals surface area contributed by atoms with E-state index in [1.54, 1.807) is 65.4 Å². The third kappa shape index (κ3) is 4.90. The van der Waals surface area contributed by atoms with E-state index < -0.39 is 0 Å². The second-order valence-electron chi connectivity index (χ2n) is 7.55. The summed E-state index contributed by atoms with van der Waals surface area (Å²) in [6, 6.07) is 20.2. The molecule has 1 aliphatic heterocycles. The van der Waals surface area contributed by atoms with Crippen LogP contribution in [0.2, 0.25) is 0 Å². The topological polar surface area (TPSA) is 75.2 Å². The van der Waals surface area contributed by atoms with E-state index >= 15 is 0 Å². The second kappa shape index (κ2) is 10.0. The van der Waals surface area contributed by atoms with Crippen molar-refractivity contribution in [2.24, 2.45) is 0 Å². The number of ether oxygens (including phenoxy) is 2. The number of hydrogen-bond acceptors (Lipinski definition) is 5. The van der Waals surface area contributed by atoms with Gasteiger partial charge in [0.15, 0.2) is 0 Å². The highest BCUT2D eigenvalue weighted by molar-refractivity contribution is 6.00. The number of rotatable bonds is 8. The minimum absolute atomic E-state index is 0.0506. The molecule has 1 aliphatic rings. The summed E-state index contributed by atoms with van der Waals surface area (Å²) in [6.07, 6.45) is 1.65. The largest absolute Gasteiger partial charge is 0.497 e. The van der Waals surface area contributed by atoms with Gasteiger partial charge in [0.25, 0.3) is 0 Å². The Labute approximate surface area is 193 Å². The van der Waals surface area contributed by atoms with E-state index in [1.165, 1.54) is 0 Å². The highest BCUT2D eigenvalue weighted by atomic mass is 16.5. The number of urea groups is 1. The van der Waals surface area contributed by atoms with Gasteiger partial charge in [0.2, 0.25) is 5.91 Å². The molecule has 4 rings (SSSR count). The van der Waals surface area contributed by atoms with Gasteiger partial charge in [-0.05, 0) is 29.8 Å². The van der Waals surface area contributed by atoms with Gasteiger partial charge in [-0.25, -0.2) is 9.78 Å². The SMILES string of the molecule is COc1ccc(OC)c(N2CCN(CC(=O)N(Cc3ccccc3)c3ccccn3)C2=O)c1. The second-order valence-corrected chi connectivity index (χ2v) is 7.55. The van der Waals surface area contributed by atoms with Gasteiger partial charge in [0, 0.05) is 25.4 Å². The van der Waals surface area contributed by atoms with Gasteiger partial charge in [-0.15, -0.1) is 0 Å². The minimum Gasteiger partial charge on any atom is -0.497 e. The molecule has 3 amide bonds. The lowest BCUT2D eigenvalue weighted by Crippen LogP contribution is -2.42. The zero-order chi connectivity index (χ0) is 23.2. The molecule has 1 aromatic heterocycles. The van der Waals surface area contributed by atoms with Crippen molar-refractivity contribution >= 4 is 23.4 Å². The van der Waals surface area contributed by atoms with E-state index in [4.69, 9.17) is 9.47 Å². The summed E-state index contributed by atoms with van der Waals surface area (Å²) >= 11 is 0. The summed E-state index contributed by atoms with van der Waals surface area (Å²) in [5.41, 5.74) is 1.59. The average Bonchev–Trinajstić information content (AvgIpc) is 3.22. The quantitative estimate of drug-likeness (QED) is 0.529.